The maximum absolute atomic E-state index is 12.5. The second kappa shape index (κ2) is 7.11. The lowest BCUT2D eigenvalue weighted by molar-refractivity contribution is 0.0979. The number of carbonyl (C=O) groups excluding carboxylic acids is 1. The molecular weight excluding hydrogens is 270 g/mol. The number of rotatable bonds is 6. The molecular formula is C18H18F2O. The van der Waals surface area contributed by atoms with E-state index in [4.69, 9.17) is 0 Å². The second-order valence-electron chi connectivity index (χ2n) is 5.03. The molecule has 110 valence electrons. The molecule has 2 aromatic carbocycles. The molecule has 1 nitrogen and oxygen atoms in total. The van der Waals surface area contributed by atoms with E-state index in [1.54, 1.807) is 24.3 Å². The highest BCUT2D eigenvalue weighted by atomic mass is 19.3. The van der Waals surface area contributed by atoms with E-state index in [-0.39, 0.29) is 11.3 Å². The predicted octanol–water partition coefficient (Wildman–Crippen LogP) is 5.66. The molecule has 0 saturated heterocycles. The van der Waals surface area contributed by atoms with Crippen molar-refractivity contribution in [3.05, 3.63) is 59.7 Å². The van der Waals surface area contributed by atoms with Crippen LogP contribution in [0.25, 0.3) is 11.1 Å². The van der Waals surface area contributed by atoms with Crippen LogP contribution in [0, 0.1) is 0 Å². The Morgan fingerprint density at radius 3 is 1.95 bits per heavy atom. The van der Waals surface area contributed by atoms with Gasteiger partial charge in [-0.05, 0) is 17.5 Å². The first-order valence-electron chi connectivity index (χ1n) is 7.13. The van der Waals surface area contributed by atoms with Crippen LogP contribution in [0.15, 0.2) is 48.5 Å². The van der Waals surface area contributed by atoms with Crippen molar-refractivity contribution >= 4 is 5.78 Å². The molecule has 0 heterocycles. The number of benzene rings is 2. The van der Waals surface area contributed by atoms with Gasteiger partial charge in [0.05, 0.1) is 0 Å². The number of carbonyl (C=O) groups is 1. The fourth-order valence-electron chi connectivity index (χ4n) is 2.15. The van der Waals surface area contributed by atoms with Crippen molar-refractivity contribution in [3.63, 3.8) is 0 Å². The summed E-state index contributed by atoms with van der Waals surface area (Å²) in [5.41, 5.74) is 2.51. The Bertz CT molecular complexity index is 586. The van der Waals surface area contributed by atoms with E-state index in [0.29, 0.717) is 12.0 Å². The Morgan fingerprint density at radius 2 is 1.48 bits per heavy atom. The van der Waals surface area contributed by atoms with Crippen LogP contribution in [-0.2, 0) is 0 Å². The summed E-state index contributed by atoms with van der Waals surface area (Å²) in [7, 11) is 0. The van der Waals surface area contributed by atoms with E-state index in [2.05, 4.69) is 6.92 Å². The minimum absolute atomic E-state index is 0.0186. The van der Waals surface area contributed by atoms with Gasteiger partial charge in [-0.1, -0.05) is 61.9 Å². The van der Waals surface area contributed by atoms with Crippen molar-refractivity contribution < 1.29 is 13.6 Å². The van der Waals surface area contributed by atoms with Crippen molar-refractivity contribution in [2.24, 2.45) is 0 Å². The number of halogens is 2. The van der Waals surface area contributed by atoms with E-state index in [1.165, 1.54) is 12.1 Å². The Balaban J connectivity index is 2.13. The maximum atomic E-state index is 12.5. The van der Waals surface area contributed by atoms with E-state index in [0.717, 1.165) is 24.0 Å². The molecule has 0 aliphatic rings. The average Bonchev–Trinajstić information content (AvgIpc) is 2.53. The van der Waals surface area contributed by atoms with Gasteiger partial charge in [0.1, 0.15) is 0 Å². The highest BCUT2D eigenvalue weighted by Crippen LogP contribution is 2.24. The van der Waals surface area contributed by atoms with Crippen LogP contribution in [0.2, 0.25) is 0 Å². The Hall–Kier alpha value is -2.03. The molecule has 0 N–H and O–H groups in total. The second-order valence-corrected chi connectivity index (χ2v) is 5.03. The van der Waals surface area contributed by atoms with Gasteiger partial charge in [-0.2, -0.15) is 0 Å². The van der Waals surface area contributed by atoms with Gasteiger partial charge in [0.2, 0.25) is 0 Å². The summed E-state index contributed by atoms with van der Waals surface area (Å²) in [6.45, 7) is 2.05. The highest BCUT2D eigenvalue weighted by Gasteiger charge is 2.08. The van der Waals surface area contributed by atoms with Crippen molar-refractivity contribution in [1.29, 1.82) is 0 Å². The zero-order valence-electron chi connectivity index (χ0n) is 12.0. The molecule has 0 spiro atoms. The maximum Gasteiger partial charge on any atom is 0.263 e. The molecule has 2 aromatic rings. The molecule has 0 aliphatic heterocycles. The molecule has 21 heavy (non-hydrogen) atoms. The molecule has 0 fully saturated rings. The molecule has 0 saturated carbocycles. The van der Waals surface area contributed by atoms with Crippen LogP contribution in [0.5, 0.6) is 0 Å². The number of unbranched alkanes of at least 4 members (excludes halogenated alkanes) is 1. The monoisotopic (exact) mass is 288 g/mol. The van der Waals surface area contributed by atoms with Gasteiger partial charge in [0.15, 0.2) is 5.78 Å². The molecule has 3 heteroatoms. The number of alkyl halides is 2. The lowest BCUT2D eigenvalue weighted by Gasteiger charge is -2.05. The summed E-state index contributed by atoms with van der Waals surface area (Å²) in [6, 6.07) is 13.5. The lowest BCUT2D eigenvalue weighted by Crippen LogP contribution is -1.98. The summed E-state index contributed by atoms with van der Waals surface area (Å²) in [4.78, 5) is 11.9. The van der Waals surface area contributed by atoms with Crippen LogP contribution in [0.1, 0.15) is 48.5 Å². The minimum Gasteiger partial charge on any atom is -0.294 e. The topological polar surface area (TPSA) is 17.1 Å². The van der Waals surface area contributed by atoms with Crippen molar-refractivity contribution in [3.8, 4) is 11.1 Å². The summed E-state index contributed by atoms with van der Waals surface area (Å²) in [6.07, 6.45) is 0.0205. The quantitative estimate of drug-likeness (QED) is 0.626. The summed E-state index contributed by atoms with van der Waals surface area (Å²) < 4.78 is 25.0. The molecule has 0 bridgehead atoms. The normalized spacial score (nSPS) is 10.9. The SMILES string of the molecule is CCCCC(=O)c1ccc(-c2ccc(C(F)F)cc2)cc1. The molecule has 0 aliphatic carbocycles. The zero-order valence-corrected chi connectivity index (χ0v) is 12.0. The number of Topliss-reactive ketones (excluding diaryl/α,β-unsaturated/α-hetero) is 1. The minimum atomic E-state index is -2.45. The fraction of sp³-hybridized carbons (Fsp3) is 0.278. The van der Waals surface area contributed by atoms with Crippen LogP contribution in [0.3, 0.4) is 0 Å². The van der Waals surface area contributed by atoms with Crippen LogP contribution in [-0.4, -0.2) is 5.78 Å². The summed E-state index contributed by atoms with van der Waals surface area (Å²) in [5.74, 6) is 0.149. The van der Waals surface area contributed by atoms with Gasteiger partial charge < -0.3 is 0 Å². The first-order valence-corrected chi connectivity index (χ1v) is 7.13. The van der Waals surface area contributed by atoms with Crippen LogP contribution in [0.4, 0.5) is 8.78 Å². The van der Waals surface area contributed by atoms with Gasteiger partial charge in [-0.3, -0.25) is 4.79 Å². The van der Waals surface area contributed by atoms with Crippen LogP contribution >= 0.6 is 0 Å². The van der Waals surface area contributed by atoms with Gasteiger partial charge in [-0.15, -0.1) is 0 Å². The third kappa shape index (κ3) is 3.97. The molecule has 0 amide bonds. The van der Waals surface area contributed by atoms with Gasteiger partial charge in [0, 0.05) is 17.5 Å². The van der Waals surface area contributed by atoms with E-state index >= 15 is 0 Å². The number of ketones is 1. The largest absolute Gasteiger partial charge is 0.294 e. The standard InChI is InChI=1S/C18H18F2O/c1-2-3-4-17(21)15-9-5-13(6-10-15)14-7-11-16(12-8-14)18(19)20/h5-12,18H,2-4H2,1H3. The third-order valence-corrected chi connectivity index (χ3v) is 3.46. The Morgan fingerprint density at radius 1 is 0.952 bits per heavy atom. The zero-order chi connectivity index (χ0) is 15.2. The van der Waals surface area contributed by atoms with Gasteiger partial charge in [-0.25, -0.2) is 8.78 Å². The molecule has 0 aromatic heterocycles. The van der Waals surface area contributed by atoms with E-state index < -0.39 is 6.43 Å². The van der Waals surface area contributed by atoms with Gasteiger partial charge in [0.25, 0.3) is 6.43 Å². The van der Waals surface area contributed by atoms with E-state index in [9.17, 15) is 13.6 Å². The molecule has 2 rings (SSSR count). The average molecular weight is 288 g/mol. The molecule has 0 atom stereocenters. The number of hydrogen-bond acceptors (Lipinski definition) is 1. The Kier molecular flexibility index (Phi) is 5.20. The Labute approximate surface area is 123 Å². The number of hydrogen-bond donors (Lipinski definition) is 0. The van der Waals surface area contributed by atoms with Crippen molar-refractivity contribution in [2.75, 3.05) is 0 Å². The fourth-order valence-corrected chi connectivity index (χ4v) is 2.15. The molecule has 0 radical (unpaired) electrons. The predicted molar refractivity (Wildman–Crippen MR) is 80.7 cm³/mol. The summed E-state index contributed by atoms with van der Waals surface area (Å²) in [5, 5.41) is 0. The first kappa shape index (κ1) is 15.4. The van der Waals surface area contributed by atoms with Crippen molar-refractivity contribution in [2.45, 2.75) is 32.6 Å². The van der Waals surface area contributed by atoms with Crippen molar-refractivity contribution in [1.82, 2.24) is 0 Å². The lowest BCUT2D eigenvalue weighted by atomic mass is 10.00. The molecule has 0 unspecified atom stereocenters. The smallest absolute Gasteiger partial charge is 0.263 e. The third-order valence-electron chi connectivity index (χ3n) is 3.46. The summed E-state index contributed by atoms with van der Waals surface area (Å²) >= 11 is 0. The van der Waals surface area contributed by atoms with Gasteiger partial charge >= 0.3 is 0 Å². The van der Waals surface area contributed by atoms with Crippen LogP contribution < -0.4 is 0 Å². The van der Waals surface area contributed by atoms with E-state index in [1.807, 2.05) is 12.1 Å². The first-order chi connectivity index (χ1) is 10.1. The highest BCUT2D eigenvalue weighted by molar-refractivity contribution is 5.96.